The van der Waals surface area contributed by atoms with Crippen LogP contribution < -0.4 is 5.73 Å². The van der Waals surface area contributed by atoms with E-state index in [0.29, 0.717) is 6.54 Å². The summed E-state index contributed by atoms with van der Waals surface area (Å²) < 4.78 is 5.44. The summed E-state index contributed by atoms with van der Waals surface area (Å²) >= 11 is 0. The Morgan fingerprint density at radius 1 is 1.47 bits per heavy atom. The number of aliphatic hydroxyl groups is 1. The van der Waals surface area contributed by atoms with Gasteiger partial charge in [0.2, 0.25) is 0 Å². The Labute approximate surface area is 91.4 Å². The molecule has 2 unspecified atom stereocenters. The minimum atomic E-state index is -0.505. The Hall–Kier alpha value is -0.160. The highest BCUT2D eigenvalue weighted by Crippen LogP contribution is 2.31. The SMILES string of the molecule is CC1(O)CCN(CC2(CN)CCOC2)C1. The molecule has 4 nitrogen and oxygen atoms in total. The number of hydrogen-bond acceptors (Lipinski definition) is 4. The Morgan fingerprint density at radius 2 is 2.27 bits per heavy atom. The topological polar surface area (TPSA) is 58.7 Å². The largest absolute Gasteiger partial charge is 0.389 e. The monoisotopic (exact) mass is 214 g/mol. The van der Waals surface area contributed by atoms with E-state index >= 15 is 0 Å². The lowest BCUT2D eigenvalue weighted by Crippen LogP contribution is -2.43. The maximum absolute atomic E-state index is 9.89. The normalized spacial score (nSPS) is 42.6. The van der Waals surface area contributed by atoms with Gasteiger partial charge in [0, 0.05) is 38.2 Å². The Kier molecular flexibility index (Phi) is 3.03. The van der Waals surface area contributed by atoms with Gasteiger partial charge in [-0.15, -0.1) is 0 Å². The van der Waals surface area contributed by atoms with Gasteiger partial charge in [-0.05, 0) is 19.8 Å². The van der Waals surface area contributed by atoms with E-state index in [2.05, 4.69) is 4.90 Å². The van der Waals surface area contributed by atoms with Crippen LogP contribution in [0, 0.1) is 5.41 Å². The number of hydrogen-bond donors (Lipinski definition) is 2. The molecule has 0 saturated carbocycles. The fourth-order valence-electron chi connectivity index (χ4n) is 2.65. The molecule has 2 saturated heterocycles. The number of rotatable bonds is 3. The molecule has 0 amide bonds. The molecule has 2 atom stereocenters. The molecule has 2 aliphatic heterocycles. The van der Waals surface area contributed by atoms with E-state index in [9.17, 15) is 5.11 Å². The highest BCUT2D eigenvalue weighted by Gasteiger charge is 2.39. The quantitative estimate of drug-likeness (QED) is 0.683. The predicted octanol–water partition coefficient (Wildman–Crippen LogP) is -0.191. The van der Waals surface area contributed by atoms with Gasteiger partial charge < -0.3 is 15.6 Å². The van der Waals surface area contributed by atoms with Crippen molar-refractivity contribution in [2.75, 3.05) is 39.4 Å². The summed E-state index contributed by atoms with van der Waals surface area (Å²) in [5.41, 5.74) is 5.48. The minimum absolute atomic E-state index is 0.139. The average molecular weight is 214 g/mol. The van der Waals surface area contributed by atoms with Gasteiger partial charge in [-0.2, -0.15) is 0 Å². The molecule has 0 radical (unpaired) electrons. The second kappa shape index (κ2) is 4.01. The lowest BCUT2D eigenvalue weighted by Gasteiger charge is -2.31. The van der Waals surface area contributed by atoms with Crippen LogP contribution in [0.3, 0.4) is 0 Å². The van der Waals surface area contributed by atoms with Gasteiger partial charge in [0.25, 0.3) is 0 Å². The summed E-state index contributed by atoms with van der Waals surface area (Å²) in [6, 6.07) is 0. The average Bonchev–Trinajstić information content (AvgIpc) is 2.75. The molecule has 15 heavy (non-hydrogen) atoms. The molecule has 4 heteroatoms. The standard InChI is InChI=1S/C11H22N2O2/c1-10(14)2-4-13(7-10)8-11(6-12)3-5-15-9-11/h14H,2-9,12H2,1H3. The smallest absolute Gasteiger partial charge is 0.0758 e. The van der Waals surface area contributed by atoms with Gasteiger partial charge in [0.1, 0.15) is 0 Å². The van der Waals surface area contributed by atoms with E-state index in [1.54, 1.807) is 0 Å². The number of β-amino-alcohol motifs (C(OH)–C–C–N with tert-alkyl or cyclic N) is 1. The Bertz CT molecular complexity index is 225. The molecule has 2 heterocycles. The van der Waals surface area contributed by atoms with Crippen molar-refractivity contribution in [3.63, 3.8) is 0 Å². The van der Waals surface area contributed by atoms with Crippen molar-refractivity contribution < 1.29 is 9.84 Å². The lowest BCUT2D eigenvalue weighted by molar-refractivity contribution is 0.0587. The molecular formula is C11H22N2O2. The van der Waals surface area contributed by atoms with Gasteiger partial charge in [0.15, 0.2) is 0 Å². The van der Waals surface area contributed by atoms with Crippen LogP contribution in [0.2, 0.25) is 0 Å². The summed E-state index contributed by atoms with van der Waals surface area (Å²) in [5, 5.41) is 9.89. The van der Waals surface area contributed by atoms with Crippen LogP contribution in [0.5, 0.6) is 0 Å². The Balaban J connectivity index is 1.91. The summed E-state index contributed by atoms with van der Waals surface area (Å²) in [6.45, 7) is 6.94. The second-order valence-corrected chi connectivity index (χ2v) is 5.46. The Morgan fingerprint density at radius 3 is 2.73 bits per heavy atom. The van der Waals surface area contributed by atoms with E-state index in [0.717, 1.165) is 45.7 Å². The highest BCUT2D eigenvalue weighted by molar-refractivity contribution is 4.92. The minimum Gasteiger partial charge on any atom is -0.389 e. The summed E-state index contributed by atoms with van der Waals surface area (Å²) in [5.74, 6) is 0. The van der Waals surface area contributed by atoms with Crippen molar-refractivity contribution in [3.8, 4) is 0 Å². The number of nitrogens with zero attached hydrogens (tertiary/aromatic N) is 1. The van der Waals surface area contributed by atoms with Crippen LogP contribution in [0.15, 0.2) is 0 Å². The molecule has 0 aromatic rings. The first-order valence-corrected chi connectivity index (χ1v) is 5.78. The van der Waals surface area contributed by atoms with Crippen molar-refractivity contribution in [1.82, 2.24) is 4.90 Å². The van der Waals surface area contributed by atoms with E-state index in [-0.39, 0.29) is 5.41 Å². The molecule has 0 aromatic carbocycles. The van der Waals surface area contributed by atoms with E-state index < -0.39 is 5.60 Å². The van der Waals surface area contributed by atoms with Gasteiger partial charge in [0.05, 0.1) is 12.2 Å². The van der Waals surface area contributed by atoms with Crippen LogP contribution in [-0.2, 0) is 4.74 Å². The molecular weight excluding hydrogens is 192 g/mol. The molecule has 2 aliphatic rings. The van der Waals surface area contributed by atoms with Crippen LogP contribution in [-0.4, -0.2) is 55.0 Å². The fourth-order valence-corrected chi connectivity index (χ4v) is 2.65. The first-order valence-electron chi connectivity index (χ1n) is 5.78. The summed E-state index contributed by atoms with van der Waals surface area (Å²) in [4.78, 5) is 2.32. The van der Waals surface area contributed by atoms with E-state index in [4.69, 9.17) is 10.5 Å². The van der Waals surface area contributed by atoms with Gasteiger partial charge in [-0.25, -0.2) is 0 Å². The molecule has 2 fully saturated rings. The molecule has 3 N–H and O–H groups in total. The molecule has 0 bridgehead atoms. The first-order chi connectivity index (χ1) is 7.05. The third-order valence-electron chi connectivity index (χ3n) is 3.71. The summed E-state index contributed by atoms with van der Waals surface area (Å²) in [7, 11) is 0. The molecule has 0 aliphatic carbocycles. The molecule has 88 valence electrons. The number of nitrogens with two attached hydrogens (primary N) is 1. The highest BCUT2D eigenvalue weighted by atomic mass is 16.5. The molecule has 0 spiro atoms. The zero-order valence-corrected chi connectivity index (χ0v) is 9.54. The third-order valence-corrected chi connectivity index (χ3v) is 3.71. The maximum Gasteiger partial charge on any atom is 0.0758 e. The van der Waals surface area contributed by atoms with Gasteiger partial charge >= 0.3 is 0 Å². The lowest BCUT2D eigenvalue weighted by atomic mass is 9.87. The van der Waals surface area contributed by atoms with Crippen molar-refractivity contribution in [1.29, 1.82) is 0 Å². The van der Waals surface area contributed by atoms with Crippen LogP contribution >= 0.6 is 0 Å². The van der Waals surface area contributed by atoms with Crippen LogP contribution in [0.4, 0.5) is 0 Å². The molecule has 0 aromatic heterocycles. The van der Waals surface area contributed by atoms with Crippen molar-refractivity contribution in [3.05, 3.63) is 0 Å². The second-order valence-electron chi connectivity index (χ2n) is 5.46. The van der Waals surface area contributed by atoms with Crippen molar-refractivity contribution >= 4 is 0 Å². The number of ether oxygens (including phenoxy) is 1. The van der Waals surface area contributed by atoms with E-state index in [1.165, 1.54) is 0 Å². The van der Waals surface area contributed by atoms with Crippen molar-refractivity contribution in [2.45, 2.75) is 25.4 Å². The zero-order chi connectivity index (χ0) is 10.9. The van der Waals surface area contributed by atoms with Crippen LogP contribution in [0.1, 0.15) is 19.8 Å². The van der Waals surface area contributed by atoms with Crippen LogP contribution in [0.25, 0.3) is 0 Å². The van der Waals surface area contributed by atoms with Crippen molar-refractivity contribution in [2.24, 2.45) is 11.1 Å². The third kappa shape index (κ3) is 2.50. The number of likely N-dealkylation sites (tertiary alicyclic amines) is 1. The van der Waals surface area contributed by atoms with Gasteiger partial charge in [-0.1, -0.05) is 0 Å². The predicted molar refractivity (Wildman–Crippen MR) is 58.6 cm³/mol. The zero-order valence-electron chi connectivity index (χ0n) is 9.54. The summed E-state index contributed by atoms with van der Waals surface area (Å²) in [6.07, 6.45) is 1.93. The van der Waals surface area contributed by atoms with E-state index in [1.807, 2.05) is 6.92 Å². The first kappa shape index (κ1) is 11.3. The maximum atomic E-state index is 9.89. The fraction of sp³-hybridized carbons (Fsp3) is 1.00. The van der Waals surface area contributed by atoms with Gasteiger partial charge in [-0.3, -0.25) is 4.90 Å². The molecule has 2 rings (SSSR count).